The number of anilines is 2. The summed E-state index contributed by atoms with van der Waals surface area (Å²) in [6.45, 7) is 5.93. The quantitative estimate of drug-likeness (QED) is 0.243. The van der Waals surface area contributed by atoms with Crippen LogP contribution in [0.1, 0.15) is 42.4 Å². The summed E-state index contributed by atoms with van der Waals surface area (Å²) in [5.74, 6) is -0.452. The third-order valence-corrected chi connectivity index (χ3v) is 10.9. The zero-order valence-corrected chi connectivity index (χ0v) is 32.0. The van der Waals surface area contributed by atoms with Crippen LogP contribution in [0, 0.1) is 0 Å². The van der Waals surface area contributed by atoms with Gasteiger partial charge in [0.25, 0.3) is 5.91 Å². The molecule has 0 bridgehead atoms. The molecule has 1 atom stereocenters. The van der Waals surface area contributed by atoms with Gasteiger partial charge < -0.3 is 35.4 Å². The highest BCUT2D eigenvalue weighted by molar-refractivity contribution is 7.79. The number of halogens is 4. The number of fused-ring (bicyclic) bond motifs is 1. The van der Waals surface area contributed by atoms with Gasteiger partial charge in [0.15, 0.2) is 6.10 Å². The van der Waals surface area contributed by atoms with E-state index in [-0.39, 0.29) is 29.1 Å². The molecule has 4 heterocycles. The van der Waals surface area contributed by atoms with Gasteiger partial charge in [-0.05, 0) is 68.5 Å². The van der Waals surface area contributed by atoms with Gasteiger partial charge in [-0.25, -0.2) is 9.59 Å². The van der Waals surface area contributed by atoms with Crippen LogP contribution in [0.5, 0.6) is 0 Å². The molecule has 20 heteroatoms. The number of nitrogens with one attached hydrogen (secondary N) is 1. The average Bonchev–Trinajstić information content (AvgIpc) is 3.29. The number of carbonyl (C=O) groups excluding carboxylic acids is 3. The zero-order chi connectivity index (χ0) is 40.1. The second-order valence-electron chi connectivity index (χ2n) is 14.2. The van der Waals surface area contributed by atoms with Crippen LogP contribution in [0.15, 0.2) is 36.4 Å². The van der Waals surface area contributed by atoms with Gasteiger partial charge in [-0.3, -0.25) is 18.8 Å². The van der Waals surface area contributed by atoms with E-state index in [1.54, 1.807) is 4.90 Å². The summed E-state index contributed by atoms with van der Waals surface area (Å²) in [5, 5.41) is 2.70. The number of para-hydroxylation sites is 1. The lowest BCUT2D eigenvalue weighted by atomic mass is 9.99. The van der Waals surface area contributed by atoms with Crippen molar-refractivity contribution in [3.63, 3.8) is 0 Å². The van der Waals surface area contributed by atoms with Crippen LogP contribution in [0.25, 0.3) is 0 Å². The van der Waals surface area contributed by atoms with E-state index in [1.807, 2.05) is 29.2 Å². The molecule has 0 aliphatic carbocycles. The van der Waals surface area contributed by atoms with Gasteiger partial charge in [0.2, 0.25) is 0 Å². The number of alkyl halides is 3. The minimum Gasteiger partial charge on any atom is -0.436 e. The van der Waals surface area contributed by atoms with Crippen molar-refractivity contribution >= 4 is 51.4 Å². The summed E-state index contributed by atoms with van der Waals surface area (Å²) < 4.78 is 78.8. The van der Waals surface area contributed by atoms with E-state index in [0.29, 0.717) is 58.0 Å². The molecule has 0 spiro atoms. The Morgan fingerprint density at radius 2 is 1.53 bits per heavy atom. The molecule has 0 radical (unpaired) electrons. The van der Waals surface area contributed by atoms with Crippen LogP contribution >= 0.6 is 11.6 Å². The van der Waals surface area contributed by atoms with Gasteiger partial charge in [-0.15, -0.1) is 0 Å². The number of piperidine rings is 2. The van der Waals surface area contributed by atoms with E-state index in [9.17, 15) is 27.6 Å². The second-order valence-corrected chi connectivity index (χ2v) is 15.5. The number of nitrogen functional groups attached to an aromatic ring is 1. The van der Waals surface area contributed by atoms with Crippen molar-refractivity contribution in [1.82, 2.24) is 24.5 Å². The van der Waals surface area contributed by atoms with E-state index < -0.39 is 45.9 Å². The highest BCUT2D eigenvalue weighted by atomic mass is 35.5. The normalized spacial score (nSPS) is 20.1. The van der Waals surface area contributed by atoms with Crippen LogP contribution < -0.4 is 11.1 Å². The molecule has 0 unspecified atom stereocenters. The number of ether oxygens (including phenoxy) is 1. The van der Waals surface area contributed by atoms with E-state index >= 15 is 0 Å². The van der Waals surface area contributed by atoms with Crippen molar-refractivity contribution in [2.45, 2.75) is 62.9 Å². The fraction of sp³-hybridized carbons (Fsp3) is 0.571. The molecule has 0 saturated carbocycles. The van der Waals surface area contributed by atoms with Gasteiger partial charge in [0.05, 0.1) is 16.3 Å². The highest BCUT2D eigenvalue weighted by Crippen LogP contribution is 2.38. The number of amides is 4. The first-order valence-corrected chi connectivity index (χ1v) is 19.8. The number of nitrogens with two attached hydrogens (primary N) is 1. The molecule has 3 fully saturated rings. The molecular formula is C35H47ClF3N7O8S. The monoisotopic (exact) mass is 817 g/mol. The van der Waals surface area contributed by atoms with E-state index in [1.165, 1.54) is 11.0 Å². The van der Waals surface area contributed by atoms with Gasteiger partial charge in [-0.2, -0.15) is 21.6 Å². The van der Waals surface area contributed by atoms with Crippen LogP contribution in [-0.4, -0.2) is 144 Å². The lowest BCUT2D eigenvalue weighted by molar-refractivity contribution is -0.142. The molecule has 0 aromatic heterocycles. The molecule has 2 aromatic carbocycles. The molecule has 2 aromatic rings. The first kappa shape index (κ1) is 42.3. The predicted molar refractivity (Wildman–Crippen MR) is 198 cm³/mol. The third-order valence-electron chi connectivity index (χ3n) is 10.6. The molecule has 5 N–H and O–H groups in total. The lowest BCUT2D eigenvalue weighted by Gasteiger charge is -2.42. The summed E-state index contributed by atoms with van der Waals surface area (Å²) in [5.41, 5.74) is 5.90. The molecule has 55 heavy (non-hydrogen) atoms. The lowest BCUT2D eigenvalue weighted by Crippen LogP contribution is -2.54. The largest absolute Gasteiger partial charge is 0.436 e. The summed E-state index contributed by atoms with van der Waals surface area (Å²) in [6.07, 6.45) is -3.90. The molecule has 4 aliphatic heterocycles. The number of piperazine rings is 1. The van der Waals surface area contributed by atoms with Crippen LogP contribution in [0.2, 0.25) is 5.02 Å². The van der Waals surface area contributed by atoms with Crippen LogP contribution in [0.3, 0.4) is 0 Å². The van der Waals surface area contributed by atoms with Crippen molar-refractivity contribution < 1.29 is 49.8 Å². The Balaban J connectivity index is 0.00000109. The molecule has 6 rings (SSSR count). The van der Waals surface area contributed by atoms with Crippen LogP contribution in [-0.2, 0) is 38.9 Å². The van der Waals surface area contributed by atoms with Crippen molar-refractivity contribution in [2.75, 3.05) is 77.0 Å². The number of likely N-dealkylation sites (tertiary alicyclic amines) is 2. The third kappa shape index (κ3) is 11.6. The topological polar surface area (TPSA) is 189 Å². The van der Waals surface area contributed by atoms with Crippen molar-refractivity contribution in [2.24, 2.45) is 0 Å². The standard InChI is InChI=1S/C35H45ClF3N7O4.H2O4S/c1-42-16-18-43(19-17-42)25-7-11-44(12-8-25)32(47)30(22-23-20-27(35(37,38)39)31(40)28(36)21-23)50-34(49)45-13-9-26(10-14-45)46-15-6-24-4-2-3-5-29(24)41-33(46)48;1-5(2,3)4/h2-5,20-21,25-26,30H,6-19,22,40H2,1H3,(H,41,48);(H2,1,2,3,4)/t30-;/m1./s1. The van der Waals surface area contributed by atoms with Gasteiger partial charge in [0.1, 0.15) is 0 Å². The van der Waals surface area contributed by atoms with Gasteiger partial charge >= 0.3 is 28.7 Å². The Kier molecular flexibility index (Phi) is 13.8. The number of hydrogen-bond acceptors (Lipinski definition) is 9. The number of likely N-dealkylation sites (N-methyl/N-ethyl adjacent to an activating group) is 1. The summed E-state index contributed by atoms with van der Waals surface area (Å²) >= 11 is 6.11. The number of carbonyl (C=O) groups is 3. The number of benzene rings is 2. The molecule has 15 nitrogen and oxygen atoms in total. The zero-order valence-electron chi connectivity index (χ0n) is 30.4. The fourth-order valence-electron chi connectivity index (χ4n) is 7.56. The molecule has 304 valence electrons. The SMILES string of the molecule is CN1CCN(C2CCN(C(=O)[C@@H](Cc3cc(Cl)c(N)c(C(F)(F)F)c3)OC(=O)N3CCC(N4CCc5ccccc5NC4=O)CC3)CC2)CC1.O=S(=O)(O)O. The highest BCUT2D eigenvalue weighted by Gasteiger charge is 2.38. The minimum absolute atomic E-state index is 0.0851. The number of hydrogen-bond donors (Lipinski definition) is 4. The summed E-state index contributed by atoms with van der Waals surface area (Å²) in [4.78, 5) is 50.3. The Morgan fingerprint density at radius 3 is 2.15 bits per heavy atom. The number of nitrogens with zero attached hydrogens (tertiary/aromatic N) is 5. The van der Waals surface area contributed by atoms with Gasteiger partial charge in [0, 0.05) is 83.1 Å². The summed E-state index contributed by atoms with van der Waals surface area (Å²) in [7, 11) is -2.57. The maximum absolute atomic E-state index is 14.0. The number of urea groups is 1. The van der Waals surface area contributed by atoms with Crippen molar-refractivity contribution in [3.05, 3.63) is 58.1 Å². The average molecular weight is 818 g/mol. The predicted octanol–water partition coefficient (Wildman–Crippen LogP) is 4.13. The van der Waals surface area contributed by atoms with E-state index in [4.69, 9.17) is 39.6 Å². The summed E-state index contributed by atoms with van der Waals surface area (Å²) in [6, 6.07) is 9.91. The number of rotatable bonds is 6. The molecular weight excluding hydrogens is 771 g/mol. The van der Waals surface area contributed by atoms with Gasteiger partial charge in [-0.1, -0.05) is 29.8 Å². The van der Waals surface area contributed by atoms with Crippen molar-refractivity contribution in [1.29, 1.82) is 0 Å². The van der Waals surface area contributed by atoms with E-state index in [0.717, 1.165) is 56.3 Å². The molecule has 4 aliphatic rings. The maximum atomic E-state index is 14.0. The Morgan fingerprint density at radius 1 is 0.945 bits per heavy atom. The minimum atomic E-state index is -4.76. The van der Waals surface area contributed by atoms with Crippen LogP contribution in [0.4, 0.5) is 34.1 Å². The molecule has 3 saturated heterocycles. The Bertz CT molecular complexity index is 1790. The second kappa shape index (κ2) is 17.9. The van der Waals surface area contributed by atoms with E-state index in [2.05, 4.69) is 22.2 Å². The van der Waals surface area contributed by atoms with Crippen molar-refractivity contribution in [3.8, 4) is 0 Å². The molecule has 4 amide bonds. The maximum Gasteiger partial charge on any atom is 0.418 e. The first-order valence-electron chi connectivity index (χ1n) is 18.0. The smallest absolute Gasteiger partial charge is 0.418 e. The Hall–Kier alpha value is -3.88. The first-order chi connectivity index (χ1) is 25.9. The fourth-order valence-corrected chi connectivity index (χ4v) is 7.80. The Labute approximate surface area is 323 Å².